The average molecular weight is 325 g/mol. The van der Waals surface area contributed by atoms with Crippen molar-refractivity contribution in [3.63, 3.8) is 0 Å². The fraction of sp³-hybridized carbons (Fsp3) is 0.167. The normalized spacial score (nSPS) is 11.3. The first-order chi connectivity index (χ1) is 11.6. The van der Waals surface area contributed by atoms with Crippen LogP contribution in [0.4, 0.5) is 0 Å². The maximum Gasteiger partial charge on any atom is 0.251 e. The predicted octanol–water partition coefficient (Wildman–Crippen LogP) is 1.15. The minimum Gasteiger partial charge on any atom is -0.368 e. The lowest BCUT2D eigenvalue weighted by Gasteiger charge is -2.19. The molecule has 0 aliphatic rings. The molecule has 0 spiro atoms. The summed E-state index contributed by atoms with van der Waals surface area (Å²) in [5.41, 5.74) is 6.33. The Morgan fingerprint density at radius 3 is 2.08 bits per heavy atom. The molecule has 2 aromatic rings. The van der Waals surface area contributed by atoms with E-state index < -0.39 is 11.9 Å². The van der Waals surface area contributed by atoms with Gasteiger partial charge in [-0.25, -0.2) is 0 Å². The van der Waals surface area contributed by atoms with E-state index >= 15 is 0 Å². The van der Waals surface area contributed by atoms with E-state index in [1.54, 1.807) is 24.3 Å². The lowest BCUT2D eigenvalue weighted by molar-refractivity contribution is -0.125. The van der Waals surface area contributed by atoms with Gasteiger partial charge in [-0.3, -0.25) is 14.4 Å². The summed E-state index contributed by atoms with van der Waals surface area (Å²) < 4.78 is 0. The van der Waals surface area contributed by atoms with Crippen LogP contribution in [0.2, 0.25) is 0 Å². The third kappa shape index (κ3) is 5.24. The summed E-state index contributed by atoms with van der Waals surface area (Å²) in [4.78, 5) is 35.1. The van der Waals surface area contributed by atoms with E-state index in [2.05, 4.69) is 10.6 Å². The highest BCUT2D eigenvalue weighted by molar-refractivity contribution is 5.94. The number of rotatable bonds is 7. The van der Waals surface area contributed by atoms with Gasteiger partial charge in [0.25, 0.3) is 5.91 Å². The van der Waals surface area contributed by atoms with Crippen molar-refractivity contribution in [2.75, 3.05) is 6.54 Å². The number of nitrogens with two attached hydrogens (primary N) is 1. The van der Waals surface area contributed by atoms with Crippen LogP contribution in [0.3, 0.4) is 0 Å². The lowest BCUT2D eigenvalue weighted by Crippen LogP contribution is -2.37. The third-order valence-electron chi connectivity index (χ3n) is 3.39. The summed E-state index contributed by atoms with van der Waals surface area (Å²) in [7, 11) is 0. The number of carbonyl (C=O) groups excluding carboxylic acids is 3. The van der Waals surface area contributed by atoms with Crippen molar-refractivity contribution in [1.82, 2.24) is 10.6 Å². The molecule has 2 rings (SSSR count). The largest absolute Gasteiger partial charge is 0.368 e. The molecule has 6 nitrogen and oxygen atoms in total. The van der Waals surface area contributed by atoms with Crippen molar-refractivity contribution in [3.8, 4) is 0 Å². The van der Waals surface area contributed by atoms with Gasteiger partial charge < -0.3 is 16.4 Å². The Hall–Kier alpha value is -3.15. The van der Waals surface area contributed by atoms with Gasteiger partial charge in [-0.1, -0.05) is 48.5 Å². The first-order valence-corrected chi connectivity index (χ1v) is 7.52. The second-order valence-corrected chi connectivity index (χ2v) is 5.25. The van der Waals surface area contributed by atoms with Crippen molar-refractivity contribution >= 4 is 17.7 Å². The summed E-state index contributed by atoms with van der Waals surface area (Å²) in [5, 5.41) is 5.28. The van der Waals surface area contributed by atoms with Crippen LogP contribution in [0.5, 0.6) is 0 Å². The quantitative estimate of drug-likeness (QED) is 0.711. The summed E-state index contributed by atoms with van der Waals surface area (Å²) >= 11 is 0. The molecule has 0 fully saturated rings. The fourth-order valence-corrected chi connectivity index (χ4v) is 2.21. The molecule has 3 amide bonds. The number of benzene rings is 2. The Balaban J connectivity index is 2.10. The molecular formula is C18H19N3O3. The van der Waals surface area contributed by atoms with Crippen molar-refractivity contribution in [2.45, 2.75) is 12.5 Å². The monoisotopic (exact) mass is 325 g/mol. The molecule has 6 heteroatoms. The highest BCUT2D eigenvalue weighted by atomic mass is 16.2. The number of amides is 3. The molecule has 0 aromatic heterocycles. The maximum atomic E-state index is 12.4. The van der Waals surface area contributed by atoms with Crippen LogP contribution in [0, 0.1) is 0 Å². The summed E-state index contributed by atoms with van der Waals surface area (Å²) in [6.07, 6.45) is 0.00979. The van der Waals surface area contributed by atoms with Gasteiger partial charge in [0.2, 0.25) is 11.8 Å². The second kappa shape index (κ2) is 8.47. The second-order valence-electron chi connectivity index (χ2n) is 5.25. The zero-order valence-corrected chi connectivity index (χ0v) is 13.1. The van der Waals surface area contributed by atoms with Gasteiger partial charge in [-0.15, -0.1) is 0 Å². The Kier molecular flexibility index (Phi) is 6.08. The summed E-state index contributed by atoms with van der Waals surface area (Å²) in [6, 6.07) is 17.4. The molecule has 0 saturated heterocycles. The Morgan fingerprint density at radius 1 is 0.917 bits per heavy atom. The fourth-order valence-electron chi connectivity index (χ4n) is 2.21. The van der Waals surface area contributed by atoms with E-state index in [1.807, 2.05) is 36.4 Å². The standard InChI is InChI=1S/C18H19N3O3/c19-16(22)12-20-17(23)11-15(13-7-3-1-4-8-13)21-18(24)14-9-5-2-6-10-14/h1-10,15H,11-12H2,(H2,19,22)(H,20,23)(H,21,24)/t15-/m0/s1. The van der Waals surface area contributed by atoms with Crippen LogP contribution in [-0.2, 0) is 9.59 Å². The third-order valence-corrected chi connectivity index (χ3v) is 3.39. The topological polar surface area (TPSA) is 101 Å². The number of primary amides is 1. The highest BCUT2D eigenvalue weighted by Crippen LogP contribution is 2.17. The van der Waals surface area contributed by atoms with Crippen LogP contribution in [0.15, 0.2) is 60.7 Å². The Bertz CT molecular complexity index is 702. The van der Waals surface area contributed by atoms with Gasteiger partial charge in [0.1, 0.15) is 0 Å². The molecule has 0 aliphatic carbocycles. The number of hydrogen-bond donors (Lipinski definition) is 3. The Morgan fingerprint density at radius 2 is 1.50 bits per heavy atom. The van der Waals surface area contributed by atoms with E-state index in [0.717, 1.165) is 5.56 Å². The highest BCUT2D eigenvalue weighted by Gasteiger charge is 2.19. The smallest absolute Gasteiger partial charge is 0.251 e. The Labute approximate surface area is 140 Å². The molecule has 0 unspecified atom stereocenters. The van der Waals surface area contributed by atoms with Crippen molar-refractivity contribution in [2.24, 2.45) is 5.73 Å². The lowest BCUT2D eigenvalue weighted by atomic mass is 10.0. The SMILES string of the molecule is NC(=O)CNC(=O)C[C@H](NC(=O)c1ccccc1)c1ccccc1. The van der Waals surface area contributed by atoms with E-state index in [0.29, 0.717) is 5.56 Å². The molecule has 4 N–H and O–H groups in total. The molecule has 24 heavy (non-hydrogen) atoms. The van der Waals surface area contributed by atoms with Crippen LogP contribution >= 0.6 is 0 Å². The van der Waals surface area contributed by atoms with Gasteiger partial charge in [0.15, 0.2) is 0 Å². The zero-order valence-electron chi connectivity index (χ0n) is 13.1. The molecule has 2 aromatic carbocycles. The molecule has 0 radical (unpaired) electrons. The van der Waals surface area contributed by atoms with E-state index in [1.165, 1.54) is 0 Å². The maximum absolute atomic E-state index is 12.4. The van der Waals surface area contributed by atoms with Gasteiger partial charge in [0, 0.05) is 5.56 Å². The first-order valence-electron chi connectivity index (χ1n) is 7.52. The van der Waals surface area contributed by atoms with Crippen molar-refractivity contribution < 1.29 is 14.4 Å². The number of hydrogen-bond acceptors (Lipinski definition) is 3. The molecular weight excluding hydrogens is 306 g/mol. The number of nitrogens with one attached hydrogen (secondary N) is 2. The van der Waals surface area contributed by atoms with Crippen molar-refractivity contribution in [3.05, 3.63) is 71.8 Å². The summed E-state index contributed by atoms with van der Waals surface area (Å²) in [6.45, 7) is -0.229. The molecule has 124 valence electrons. The van der Waals surface area contributed by atoms with E-state index in [-0.39, 0.29) is 24.8 Å². The number of carbonyl (C=O) groups is 3. The van der Waals surface area contributed by atoms with Crippen LogP contribution in [0.25, 0.3) is 0 Å². The average Bonchev–Trinajstić information content (AvgIpc) is 2.61. The van der Waals surface area contributed by atoms with Crippen LogP contribution < -0.4 is 16.4 Å². The molecule has 0 bridgehead atoms. The minimum absolute atomic E-state index is 0.00979. The molecule has 0 heterocycles. The first kappa shape index (κ1) is 17.2. The molecule has 0 aliphatic heterocycles. The van der Waals surface area contributed by atoms with Crippen LogP contribution in [0.1, 0.15) is 28.4 Å². The van der Waals surface area contributed by atoms with Gasteiger partial charge in [-0.05, 0) is 17.7 Å². The minimum atomic E-state index is -0.618. The molecule has 1 atom stereocenters. The zero-order chi connectivity index (χ0) is 17.4. The van der Waals surface area contributed by atoms with E-state index in [4.69, 9.17) is 5.73 Å². The predicted molar refractivity (Wildman–Crippen MR) is 89.9 cm³/mol. The van der Waals surface area contributed by atoms with Gasteiger partial charge in [-0.2, -0.15) is 0 Å². The van der Waals surface area contributed by atoms with Gasteiger partial charge in [0.05, 0.1) is 19.0 Å². The molecule has 0 saturated carbocycles. The summed E-state index contributed by atoms with van der Waals surface area (Å²) in [5.74, 6) is -1.25. The van der Waals surface area contributed by atoms with Crippen molar-refractivity contribution in [1.29, 1.82) is 0 Å². The van der Waals surface area contributed by atoms with Gasteiger partial charge >= 0.3 is 0 Å². The van der Waals surface area contributed by atoms with E-state index in [9.17, 15) is 14.4 Å². The van der Waals surface area contributed by atoms with Crippen LogP contribution in [-0.4, -0.2) is 24.3 Å².